The van der Waals surface area contributed by atoms with Crippen LogP contribution in [0.2, 0.25) is 0 Å². The molecule has 0 aromatic rings. The summed E-state index contributed by atoms with van der Waals surface area (Å²) in [5, 5.41) is 0. The number of amides is 2. The summed E-state index contributed by atoms with van der Waals surface area (Å²) in [7, 11) is -4.81. The summed E-state index contributed by atoms with van der Waals surface area (Å²) in [5.41, 5.74) is 0. The number of imide groups is 1. The lowest BCUT2D eigenvalue weighted by molar-refractivity contribution is -0.136. The molecule has 86 valence electrons. The van der Waals surface area contributed by atoms with E-state index in [1.165, 1.54) is 0 Å². The van der Waals surface area contributed by atoms with Gasteiger partial charge >= 0.3 is 10.3 Å². The predicted octanol–water partition coefficient (Wildman–Crippen LogP) is -1.27. The molecular weight excluding hydrogens is 238 g/mol. The molecule has 3 rings (SSSR count). The van der Waals surface area contributed by atoms with Crippen molar-refractivity contribution in [1.29, 1.82) is 0 Å². The van der Waals surface area contributed by atoms with Crippen molar-refractivity contribution >= 4 is 22.1 Å². The van der Waals surface area contributed by atoms with Crippen molar-refractivity contribution in [2.24, 2.45) is 11.8 Å². The number of ether oxygens (including phenoxy) is 1. The van der Waals surface area contributed by atoms with Crippen molar-refractivity contribution in [2.75, 3.05) is 0 Å². The zero-order chi connectivity index (χ0) is 11.7. The Kier molecular flexibility index (Phi) is 1.68. The number of hydrogen-bond donors (Lipinski definition) is 1. The van der Waals surface area contributed by atoms with Gasteiger partial charge in [0.25, 0.3) is 11.8 Å². The largest absolute Gasteiger partial charge is 0.368 e. The molecule has 3 aliphatic rings. The lowest BCUT2D eigenvalue weighted by Gasteiger charge is -2.12. The van der Waals surface area contributed by atoms with Crippen molar-refractivity contribution in [2.45, 2.75) is 12.2 Å². The molecule has 0 saturated carbocycles. The van der Waals surface area contributed by atoms with Crippen LogP contribution in [0.4, 0.5) is 0 Å². The van der Waals surface area contributed by atoms with Gasteiger partial charge in [0.15, 0.2) is 0 Å². The Hall–Kier alpha value is -1.25. The van der Waals surface area contributed by atoms with E-state index in [-0.39, 0.29) is 4.31 Å². The summed E-state index contributed by atoms with van der Waals surface area (Å²) >= 11 is 0. The third-order valence-electron chi connectivity index (χ3n) is 3.10. The second kappa shape index (κ2) is 2.70. The zero-order valence-corrected chi connectivity index (χ0v) is 8.62. The SMILES string of the molecule is O=C1C2C3C=CC(O3)C2C(=O)N1S(=O)(=O)O. The molecule has 16 heavy (non-hydrogen) atoms. The fourth-order valence-corrected chi connectivity index (χ4v) is 3.20. The molecule has 0 radical (unpaired) electrons. The van der Waals surface area contributed by atoms with Crippen LogP contribution in [0.5, 0.6) is 0 Å². The first-order valence-electron chi connectivity index (χ1n) is 4.60. The van der Waals surface area contributed by atoms with Gasteiger partial charge < -0.3 is 4.74 Å². The molecule has 0 aromatic carbocycles. The van der Waals surface area contributed by atoms with Crippen LogP contribution in [-0.4, -0.2) is 41.3 Å². The van der Waals surface area contributed by atoms with Crippen LogP contribution in [0.15, 0.2) is 12.2 Å². The van der Waals surface area contributed by atoms with Crippen molar-refractivity contribution in [3.63, 3.8) is 0 Å². The van der Waals surface area contributed by atoms with Crippen molar-refractivity contribution < 1.29 is 27.3 Å². The molecule has 3 heterocycles. The highest BCUT2D eigenvalue weighted by Crippen LogP contribution is 2.45. The molecule has 2 fully saturated rings. The molecule has 2 bridgehead atoms. The normalized spacial score (nSPS) is 40.9. The Labute approximate surface area is 90.5 Å². The fourth-order valence-electron chi connectivity index (χ4n) is 2.50. The van der Waals surface area contributed by atoms with E-state index in [9.17, 15) is 18.0 Å². The molecule has 0 aromatic heterocycles. The van der Waals surface area contributed by atoms with Crippen molar-refractivity contribution in [3.05, 3.63) is 12.2 Å². The van der Waals surface area contributed by atoms with E-state index in [0.29, 0.717) is 0 Å². The molecule has 2 saturated heterocycles. The highest BCUT2D eigenvalue weighted by molar-refractivity contribution is 7.84. The minimum atomic E-state index is -4.81. The summed E-state index contributed by atoms with van der Waals surface area (Å²) in [6.07, 6.45) is 2.14. The zero-order valence-electron chi connectivity index (χ0n) is 7.81. The second-order valence-corrected chi connectivity index (χ2v) is 5.18. The first kappa shape index (κ1) is 9.94. The minimum Gasteiger partial charge on any atom is -0.365 e. The molecular formula is C8H7NO6S. The molecule has 3 aliphatic heterocycles. The molecule has 4 atom stereocenters. The van der Waals surface area contributed by atoms with Crippen LogP contribution in [0.1, 0.15) is 0 Å². The number of rotatable bonds is 1. The smallest absolute Gasteiger partial charge is 0.365 e. The van der Waals surface area contributed by atoms with Gasteiger partial charge in [-0.25, -0.2) is 0 Å². The molecule has 2 amide bonds. The average molecular weight is 245 g/mol. The van der Waals surface area contributed by atoms with Crippen LogP contribution < -0.4 is 0 Å². The number of fused-ring (bicyclic) bond motifs is 5. The molecule has 8 heteroatoms. The Morgan fingerprint density at radius 1 is 1.12 bits per heavy atom. The van der Waals surface area contributed by atoms with E-state index >= 15 is 0 Å². The first-order chi connectivity index (χ1) is 7.41. The van der Waals surface area contributed by atoms with Gasteiger partial charge in [-0.15, -0.1) is 0 Å². The summed E-state index contributed by atoms with van der Waals surface area (Å²) in [6.45, 7) is 0. The van der Waals surface area contributed by atoms with E-state index in [2.05, 4.69) is 0 Å². The Morgan fingerprint density at radius 2 is 1.56 bits per heavy atom. The first-order valence-corrected chi connectivity index (χ1v) is 6.00. The van der Waals surface area contributed by atoms with E-state index in [0.717, 1.165) is 0 Å². The van der Waals surface area contributed by atoms with E-state index in [4.69, 9.17) is 9.29 Å². The summed E-state index contributed by atoms with van der Waals surface area (Å²) in [6, 6.07) is 0. The maximum atomic E-state index is 11.7. The van der Waals surface area contributed by atoms with Gasteiger partial charge in [-0.1, -0.05) is 12.2 Å². The van der Waals surface area contributed by atoms with Crippen LogP contribution in [0, 0.1) is 11.8 Å². The van der Waals surface area contributed by atoms with E-state index in [1.54, 1.807) is 12.2 Å². The van der Waals surface area contributed by atoms with Gasteiger partial charge in [0.1, 0.15) is 0 Å². The number of carbonyl (C=O) groups is 2. The van der Waals surface area contributed by atoms with Gasteiger partial charge in [-0.3, -0.25) is 14.1 Å². The average Bonchev–Trinajstić information content (AvgIpc) is 2.77. The molecule has 4 unspecified atom stereocenters. The quantitative estimate of drug-likeness (QED) is 0.351. The summed E-state index contributed by atoms with van der Waals surface area (Å²) in [4.78, 5) is 23.4. The number of carbonyl (C=O) groups excluding carboxylic acids is 2. The van der Waals surface area contributed by atoms with Crippen LogP contribution in [-0.2, 0) is 24.6 Å². The minimum absolute atomic E-state index is 0.0577. The molecule has 7 nitrogen and oxygen atoms in total. The predicted molar refractivity (Wildman–Crippen MR) is 48.2 cm³/mol. The summed E-state index contributed by atoms with van der Waals surface area (Å²) < 4.78 is 35.8. The third-order valence-corrected chi connectivity index (χ3v) is 3.92. The number of hydrogen-bond acceptors (Lipinski definition) is 5. The van der Waals surface area contributed by atoms with Crippen molar-refractivity contribution in [3.8, 4) is 0 Å². The highest BCUT2D eigenvalue weighted by atomic mass is 32.2. The molecule has 1 N–H and O–H groups in total. The maximum Gasteiger partial charge on any atom is 0.368 e. The fraction of sp³-hybridized carbons (Fsp3) is 0.500. The van der Waals surface area contributed by atoms with Gasteiger partial charge in [0.05, 0.1) is 24.0 Å². The second-order valence-electron chi connectivity index (χ2n) is 3.92. The topological polar surface area (TPSA) is 101 Å². The van der Waals surface area contributed by atoms with Crippen LogP contribution >= 0.6 is 0 Å². The third kappa shape index (κ3) is 1.01. The lowest BCUT2D eigenvalue weighted by Crippen LogP contribution is -2.38. The van der Waals surface area contributed by atoms with E-state index in [1.807, 2.05) is 0 Å². The van der Waals surface area contributed by atoms with Crippen molar-refractivity contribution in [1.82, 2.24) is 4.31 Å². The standard InChI is InChI=1S/C8H7NO6S/c10-7-5-3-1-2-4(15-3)6(5)8(11)9(7)16(12,13)14/h1-6H,(H,12,13,14). The Bertz CT molecular complexity index is 493. The molecule has 0 aliphatic carbocycles. The van der Waals surface area contributed by atoms with E-state index < -0.39 is 46.2 Å². The lowest BCUT2D eigenvalue weighted by atomic mass is 9.85. The maximum absolute atomic E-state index is 11.7. The highest BCUT2D eigenvalue weighted by Gasteiger charge is 2.63. The van der Waals surface area contributed by atoms with Gasteiger partial charge in [-0.2, -0.15) is 12.7 Å². The van der Waals surface area contributed by atoms with Crippen LogP contribution in [0.3, 0.4) is 0 Å². The van der Waals surface area contributed by atoms with Gasteiger partial charge in [0, 0.05) is 0 Å². The van der Waals surface area contributed by atoms with Gasteiger partial charge in [-0.05, 0) is 0 Å². The Balaban J connectivity index is 2.08. The summed E-state index contributed by atoms with van der Waals surface area (Å²) in [5.74, 6) is -3.45. The van der Waals surface area contributed by atoms with Crippen LogP contribution in [0.25, 0.3) is 0 Å². The number of nitrogens with zero attached hydrogens (tertiary/aromatic N) is 1. The Morgan fingerprint density at radius 3 is 1.94 bits per heavy atom. The van der Waals surface area contributed by atoms with Gasteiger partial charge in [0.2, 0.25) is 0 Å². The monoisotopic (exact) mass is 245 g/mol. The molecule has 0 spiro atoms.